The Hall–Kier alpha value is -1.82. The summed E-state index contributed by atoms with van der Waals surface area (Å²) in [5.74, 6) is 0.101. The van der Waals surface area contributed by atoms with E-state index in [4.69, 9.17) is 5.73 Å². The smallest absolute Gasteiger partial charge is 0.231 e. The summed E-state index contributed by atoms with van der Waals surface area (Å²) in [6, 6.07) is 5.63. The minimum Gasteiger partial charge on any atom is -0.399 e. The highest BCUT2D eigenvalue weighted by molar-refractivity contribution is 9.10. The third-order valence-electron chi connectivity index (χ3n) is 3.80. The van der Waals surface area contributed by atoms with Crippen molar-refractivity contribution in [3.8, 4) is 0 Å². The summed E-state index contributed by atoms with van der Waals surface area (Å²) in [7, 11) is 0. The lowest BCUT2D eigenvalue weighted by Crippen LogP contribution is -2.27. The number of hydrogen-bond acceptors (Lipinski definition) is 3. The van der Waals surface area contributed by atoms with Crippen molar-refractivity contribution < 1.29 is 4.79 Å². The molecule has 1 amide bonds. The number of nitrogen functional groups attached to an aromatic ring is 1. The molecule has 0 bridgehead atoms. The van der Waals surface area contributed by atoms with Crippen LogP contribution in [-0.4, -0.2) is 15.7 Å². The summed E-state index contributed by atoms with van der Waals surface area (Å²) in [6.07, 6.45) is 0.414. The molecule has 1 aromatic heterocycles. The summed E-state index contributed by atoms with van der Waals surface area (Å²) in [5, 5.41) is 4.48. The number of carbonyl (C=O) groups excluding carboxylic acids is 1. The maximum Gasteiger partial charge on any atom is 0.231 e. The number of benzene rings is 1. The van der Waals surface area contributed by atoms with Gasteiger partial charge in [-0.2, -0.15) is 5.10 Å². The predicted molar refractivity (Wildman–Crippen MR) is 86.1 cm³/mol. The Balaban J connectivity index is 1.98. The number of amides is 1. The van der Waals surface area contributed by atoms with Crippen LogP contribution in [-0.2, 0) is 24.3 Å². The topological polar surface area (TPSA) is 64.2 Å². The molecule has 0 spiro atoms. The van der Waals surface area contributed by atoms with Crippen LogP contribution in [0.3, 0.4) is 0 Å². The number of nitrogens with zero attached hydrogens (tertiary/aromatic N) is 3. The van der Waals surface area contributed by atoms with Crippen molar-refractivity contribution in [1.82, 2.24) is 9.78 Å². The quantitative estimate of drug-likeness (QED) is 0.867. The Kier molecular flexibility index (Phi) is 3.49. The molecule has 0 fully saturated rings. The lowest BCUT2D eigenvalue weighted by molar-refractivity contribution is -0.117. The predicted octanol–water partition coefficient (Wildman–Crippen LogP) is 2.65. The largest absolute Gasteiger partial charge is 0.399 e. The van der Waals surface area contributed by atoms with E-state index >= 15 is 0 Å². The van der Waals surface area contributed by atoms with E-state index in [1.165, 1.54) is 0 Å². The normalized spacial score (nSPS) is 13.9. The number of fused-ring (bicyclic) bond motifs is 1. The van der Waals surface area contributed by atoms with Crippen LogP contribution in [0.4, 0.5) is 11.4 Å². The van der Waals surface area contributed by atoms with Gasteiger partial charge in [0.05, 0.1) is 28.8 Å². The van der Waals surface area contributed by atoms with Crippen LogP contribution in [0, 0.1) is 6.92 Å². The molecule has 0 atom stereocenters. The molecular weight excluding hydrogens is 332 g/mol. The van der Waals surface area contributed by atoms with Gasteiger partial charge in [0.1, 0.15) is 0 Å². The highest BCUT2D eigenvalue weighted by Gasteiger charge is 2.29. The van der Waals surface area contributed by atoms with Crippen LogP contribution >= 0.6 is 15.9 Å². The third-order valence-corrected chi connectivity index (χ3v) is 4.83. The molecule has 0 unspecified atom stereocenters. The average molecular weight is 349 g/mol. The SMILES string of the molecule is CCn1nc(C)c(Br)c1CN1C(=O)Cc2cc(N)ccc21. The molecule has 0 saturated heterocycles. The molecule has 5 nitrogen and oxygen atoms in total. The highest BCUT2D eigenvalue weighted by atomic mass is 79.9. The fourth-order valence-electron chi connectivity index (χ4n) is 2.75. The second kappa shape index (κ2) is 5.18. The molecule has 2 N–H and O–H groups in total. The first-order valence-electron chi connectivity index (χ1n) is 6.91. The molecule has 1 aliphatic heterocycles. The maximum atomic E-state index is 12.3. The van der Waals surface area contributed by atoms with E-state index in [9.17, 15) is 4.79 Å². The van der Waals surface area contributed by atoms with E-state index in [-0.39, 0.29) is 5.91 Å². The van der Waals surface area contributed by atoms with Gasteiger partial charge < -0.3 is 10.6 Å². The Morgan fingerprint density at radius 2 is 2.19 bits per heavy atom. The van der Waals surface area contributed by atoms with Crippen LogP contribution in [0.15, 0.2) is 22.7 Å². The molecule has 0 radical (unpaired) electrons. The molecule has 21 heavy (non-hydrogen) atoms. The first kappa shape index (κ1) is 14.1. The van der Waals surface area contributed by atoms with Gasteiger partial charge in [-0.25, -0.2) is 0 Å². The summed E-state index contributed by atoms with van der Waals surface area (Å²) < 4.78 is 2.91. The van der Waals surface area contributed by atoms with Gasteiger partial charge in [0.15, 0.2) is 0 Å². The van der Waals surface area contributed by atoms with Crippen LogP contribution in [0.1, 0.15) is 23.9 Å². The van der Waals surface area contributed by atoms with Gasteiger partial charge in [0, 0.05) is 17.9 Å². The Morgan fingerprint density at radius 3 is 2.90 bits per heavy atom. The van der Waals surface area contributed by atoms with E-state index < -0.39 is 0 Å². The van der Waals surface area contributed by atoms with Crippen LogP contribution < -0.4 is 10.6 Å². The molecule has 2 heterocycles. The zero-order valence-corrected chi connectivity index (χ0v) is 13.6. The molecule has 6 heteroatoms. The van der Waals surface area contributed by atoms with Gasteiger partial charge in [-0.15, -0.1) is 0 Å². The van der Waals surface area contributed by atoms with E-state index in [1.54, 1.807) is 0 Å². The lowest BCUT2D eigenvalue weighted by atomic mass is 10.1. The maximum absolute atomic E-state index is 12.3. The van der Waals surface area contributed by atoms with Crippen molar-refractivity contribution in [1.29, 1.82) is 0 Å². The Bertz CT molecular complexity index is 723. The van der Waals surface area contributed by atoms with Crippen molar-refractivity contribution >= 4 is 33.2 Å². The van der Waals surface area contributed by atoms with Crippen molar-refractivity contribution in [3.05, 3.63) is 39.6 Å². The van der Waals surface area contributed by atoms with Gasteiger partial charge in [-0.1, -0.05) is 0 Å². The van der Waals surface area contributed by atoms with Crippen LogP contribution in [0.5, 0.6) is 0 Å². The minimum atomic E-state index is 0.101. The summed E-state index contributed by atoms with van der Waals surface area (Å²) in [5.41, 5.74) is 10.4. The third kappa shape index (κ3) is 2.33. The standard InChI is InChI=1S/C15H17BrN4O/c1-3-20-13(15(16)9(2)18-20)8-19-12-5-4-11(17)6-10(12)7-14(19)21/h4-6H,3,7-8,17H2,1-2H3. The van der Waals surface area contributed by atoms with Crippen LogP contribution in [0.25, 0.3) is 0 Å². The van der Waals surface area contributed by atoms with Crippen molar-refractivity contribution in [2.24, 2.45) is 0 Å². The second-order valence-corrected chi connectivity index (χ2v) is 6.00. The summed E-state index contributed by atoms with van der Waals surface area (Å²) in [6.45, 7) is 5.30. The van der Waals surface area contributed by atoms with Crippen LogP contribution in [0.2, 0.25) is 0 Å². The van der Waals surface area contributed by atoms with E-state index in [1.807, 2.05) is 41.6 Å². The Labute approximate surface area is 131 Å². The minimum absolute atomic E-state index is 0.101. The second-order valence-electron chi connectivity index (χ2n) is 5.21. The molecule has 1 aromatic carbocycles. The lowest BCUT2D eigenvalue weighted by Gasteiger charge is -2.18. The number of aromatic nitrogens is 2. The van der Waals surface area contributed by atoms with Crippen molar-refractivity contribution in [3.63, 3.8) is 0 Å². The number of hydrogen-bond donors (Lipinski definition) is 1. The number of halogens is 1. The number of rotatable bonds is 3. The first-order chi connectivity index (χ1) is 10.0. The fourth-order valence-corrected chi connectivity index (χ4v) is 3.16. The molecule has 110 valence electrons. The van der Waals surface area contributed by atoms with E-state index in [0.717, 1.165) is 33.7 Å². The van der Waals surface area contributed by atoms with E-state index in [2.05, 4.69) is 21.0 Å². The number of nitrogens with two attached hydrogens (primary N) is 1. The van der Waals surface area contributed by atoms with Gasteiger partial charge in [0.25, 0.3) is 0 Å². The van der Waals surface area contributed by atoms with Gasteiger partial charge in [-0.05, 0) is 53.5 Å². The molecular formula is C15H17BrN4O. The van der Waals surface area contributed by atoms with Gasteiger partial charge >= 0.3 is 0 Å². The van der Waals surface area contributed by atoms with Gasteiger partial charge in [0.2, 0.25) is 5.91 Å². The number of carbonyl (C=O) groups is 1. The molecule has 3 rings (SSSR count). The molecule has 0 aliphatic carbocycles. The number of aryl methyl sites for hydroxylation is 2. The number of anilines is 2. The monoisotopic (exact) mass is 348 g/mol. The van der Waals surface area contributed by atoms with E-state index in [0.29, 0.717) is 18.7 Å². The first-order valence-corrected chi connectivity index (χ1v) is 7.71. The molecule has 0 saturated carbocycles. The zero-order chi connectivity index (χ0) is 15.1. The summed E-state index contributed by atoms with van der Waals surface area (Å²) in [4.78, 5) is 14.1. The van der Waals surface area contributed by atoms with Crippen molar-refractivity contribution in [2.45, 2.75) is 33.4 Å². The molecule has 1 aliphatic rings. The summed E-state index contributed by atoms with van der Waals surface area (Å²) >= 11 is 3.58. The average Bonchev–Trinajstić information content (AvgIpc) is 2.90. The molecule has 2 aromatic rings. The van der Waals surface area contributed by atoms with Gasteiger partial charge in [-0.3, -0.25) is 9.48 Å². The highest BCUT2D eigenvalue weighted by Crippen LogP contribution is 2.33. The fraction of sp³-hybridized carbons (Fsp3) is 0.333. The zero-order valence-electron chi connectivity index (χ0n) is 12.1. The van der Waals surface area contributed by atoms with Crippen molar-refractivity contribution in [2.75, 3.05) is 10.6 Å². The Morgan fingerprint density at radius 1 is 1.43 bits per heavy atom.